The predicted molar refractivity (Wildman–Crippen MR) is 177 cm³/mol. The van der Waals surface area contributed by atoms with Crippen LogP contribution in [0.2, 0.25) is 0 Å². The summed E-state index contributed by atoms with van der Waals surface area (Å²) in [7, 11) is 0. The highest BCUT2D eigenvalue weighted by Crippen LogP contribution is 2.62. The lowest BCUT2D eigenvalue weighted by atomic mass is 9.46. The average molecular weight is 761 g/mol. The Balaban J connectivity index is 1.47. The summed E-state index contributed by atoms with van der Waals surface area (Å²) in [6, 6.07) is 17.2. The lowest BCUT2D eigenvalue weighted by Gasteiger charge is -2.64. The van der Waals surface area contributed by atoms with Crippen LogP contribution in [0.15, 0.2) is 71.8 Å². The molecule has 47 heavy (non-hydrogen) atoms. The smallest absolute Gasteiger partial charge is 0.338 e. The topological polar surface area (TPSA) is 160 Å². The summed E-state index contributed by atoms with van der Waals surface area (Å²) < 4.78 is 17.3. The lowest BCUT2D eigenvalue weighted by molar-refractivity contribution is -0.277. The Morgan fingerprint density at radius 1 is 1.00 bits per heavy atom. The fraction of sp³-hybridized carbons (Fsp3) is 0.528. The molecule has 2 aromatic carbocycles. The number of hydrogen-bond acceptors (Lipinski definition) is 10. The van der Waals surface area contributed by atoms with E-state index in [1.807, 2.05) is 28.7 Å². The molecule has 0 radical (unpaired) electrons. The Labute approximate surface area is 287 Å². The summed E-state index contributed by atoms with van der Waals surface area (Å²) in [6.07, 6.45) is -7.73. The summed E-state index contributed by atoms with van der Waals surface area (Å²) in [5.41, 5.74) is -3.61. The van der Waals surface area contributed by atoms with E-state index in [1.165, 1.54) is 0 Å². The van der Waals surface area contributed by atoms with Crippen molar-refractivity contribution in [1.82, 2.24) is 0 Å². The Morgan fingerprint density at radius 3 is 2.21 bits per heavy atom. The predicted octanol–water partition coefficient (Wildman–Crippen LogP) is 3.48. The maximum atomic E-state index is 14.5. The van der Waals surface area contributed by atoms with Crippen molar-refractivity contribution < 1.29 is 49.0 Å². The number of carbonyl (C=O) groups is 3. The number of esters is 2. The Bertz CT molecular complexity index is 1580. The van der Waals surface area contributed by atoms with Gasteiger partial charge in [-0.1, -0.05) is 85.0 Å². The molecular formula is C36H41IO10. The third kappa shape index (κ3) is 5.28. The molecule has 3 fully saturated rings. The van der Waals surface area contributed by atoms with Crippen molar-refractivity contribution in [3.8, 4) is 0 Å². The standard InChI is InChI=1S/C36H41IO10/c1-18-23(46-33(43)29(40)27(37)19-11-7-5-8-12-19)16-36(44)31(47-32(42)20-13-9-6-10-14-20)26-21-17-45-22(21)15-24(38)35(26,4)30(41)28(39)25(18)34(36,2)3/h5-14,21-24,26-29,31,38-40,44H,15-17H2,1-4H3/t21-,22-,23+,24+,26?,27+,28-,29-,31+,35-,36-/m1/s1. The second kappa shape index (κ2) is 12.3. The molecule has 2 saturated carbocycles. The van der Waals surface area contributed by atoms with E-state index in [1.54, 1.807) is 82.3 Å². The summed E-state index contributed by atoms with van der Waals surface area (Å²) in [5, 5.41) is 47.5. The fourth-order valence-electron chi connectivity index (χ4n) is 8.47. The number of fused-ring (bicyclic) bond motifs is 5. The molecule has 1 aliphatic heterocycles. The first kappa shape index (κ1) is 34.2. The average Bonchev–Trinajstić information content (AvgIpc) is 3.05. The summed E-state index contributed by atoms with van der Waals surface area (Å²) in [5.74, 6) is -3.69. The van der Waals surface area contributed by atoms with Gasteiger partial charge in [-0.25, -0.2) is 9.59 Å². The van der Waals surface area contributed by atoms with Crippen molar-refractivity contribution in [2.24, 2.45) is 22.7 Å². The molecule has 6 rings (SSSR count). The number of aliphatic hydroxyl groups excluding tert-OH is 3. The zero-order valence-corrected chi connectivity index (χ0v) is 28.9. The second-order valence-corrected chi connectivity index (χ2v) is 15.4. The maximum absolute atomic E-state index is 14.5. The largest absolute Gasteiger partial charge is 0.456 e. The van der Waals surface area contributed by atoms with E-state index in [0.717, 1.165) is 0 Å². The molecule has 0 spiro atoms. The quantitative estimate of drug-likeness (QED) is 0.149. The van der Waals surface area contributed by atoms with Gasteiger partial charge < -0.3 is 34.6 Å². The van der Waals surface area contributed by atoms with Gasteiger partial charge >= 0.3 is 11.9 Å². The van der Waals surface area contributed by atoms with E-state index in [4.69, 9.17) is 14.2 Å². The summed E-state index contributed by atoms with van der Waals surface area (Å²) in [6.45, 7) is 6.74. The van der Waals surface area contributed by atoms with E-state index < -0.39 is 80.6 Å². The first-order valence-corrected chi connectivity index (χ1v) is 17.2. The number of rotatable bonds is 6. The molecule has 3 aliphatic carbocycles. The number of carbonyl (C=O) groups excluding carboxylic acids is 3. The number of aliphatic hydroxyl groups is 4. The highest BCUT2D eigenvalue weighted by atomic mass is 127. The van der Waals surface area contributed by atoms with Crippen molar-refractivity contribution in [3.05, 3.63) is 82.9 Å². The van der Waals surface area contributed by atoms with Crippen LogP contribution >= 0.6 is 22.6 Å². The molecule has 252 valence electrons. The van der Waals surface area contributed by atoms with Crippen molar-refractivity contribution in [2.75, 3.05) is 6.61 Å². The number of benzene rings is 2. The maximum Gasteiger partial charge on any atom is 0.338 e. The van der Waals surface area contributed by atoms with Gasteiger partial charge in [0.1, 0.15) is 23.9 Å². The molecule has 1 unspecified atom stereocenters. The zero-order valence-electron chi connectivity index (χ0n) is 26.7. The zero-order chi connectivity index (χ0) is 34.1. The molecule has 2 aromatic rings. The molecular weight excluding hydrogens is 719 g/mol. The first-order chi connectivity index (χ1) is 22.1. The highest BCUT2D eigenvalue weighted by molar-refractivity contribution is 14.1. The SMILES string of the molecule is CC1=C2[C@@H](O)C(=O)[C@@]3(C)C([C@@H]4CO[C@@H]4C[C@@H]3O)[C@H](OC(=O)c3ccccc3)[C@](O)(C[C@@H]1OC(=O)[C@H](O)[C@@H](I)c1ccccc1)C2(C)C. The van der Waals surface area contributed by atoms with Crippen LogP contribution in [0.4, 0.5) is 0 Å². The van der Waals surface area contributed by atoms with E-state index in [0.29, 0.717) is 11.1 Å². The number of ketones is 1. The minimum Gasteiger partial charge on any atom is -0.456 e. The summed E-state index contributed by atoms with van der Waals surface area (Å²) in [4.78, 5) is 41.8. The number of halogens is 1. The van der Waals surface area contributed by atoms with E-state index in [2.05, 4.69) is 0 Å². The molecule has 11 atom stereocenters. The van der Waals surface area contributed by atoms with Crippen LogP contribution in [-0.2, 0) is 23.8 Å². The van der Waals surface area contributed by atoms with Gasteiger partial charge in [-0.15, -0.1) is 0 Å². The van der Waals surface area contributed by atoms with Gasteiger partial charge in [0.15, 0.2) is 11.9 Å². The van der Waals surface area contributed by atoms with Crippen molar-refractivity contribution in [1.29, 1.82) is 0 Å². The third-order valence-corrected chi connectivity index (χ3v) is 12.8. The second-order valence-electron chi connectivity index (χ2n) is 14.1. The number of alkyl halides is 1. The van der Waals surface area contributed by atoms with Gasteiger partial charge in [-0.3, -0.25) is 4.79 Å². The van der Waals surface area contributed by atoms with E-state index in [9.17, 15) is 34.8 Å². The van der Waals surface area contributed by atoms with Crippen LogP contribution in [0.1, 0.15) is 60.4 Å². The molecule has 2 bridgehead atoms. The Kier molecular flexibility index (Phi) is 8.97. The van der Waals surface area contributed by atoms with Crippen LogP contribution in [0.25, 0.3) is 0 Å². The van der Waals surface area contributed by atoms with Crippen LogP contribution in [0.3, 0.4) is 0 Å². The number of hydrogen-bond donors (Lipinski definition) is 4. The number of ether oxygens (including phenoxy) is 3. The normalized spacial score (nSPS) is 37.2. The molecule has 4 aliphatic rings. The van der Waals surface area contributed by atoms with Crippen molar-refractivity contribution >= 4 is 40.3 Å². The molecule has 0 amide bonds. The van der Waals surface area contributed by atoms with Crippen LogP contribution in [0.5, 0.6) is 0 Å². The molecule has 10 nitrogen and oxygen atoms in total. The van der Waals surface area contributed by atoms with E-state index in [-0.39, 0.29) is 36.5 Å². The van der Waals surface area contributed by atoms with Gasteiger partial charge in [0.25, 0.3) is 0 Å². The van der Waals surface area contributed by atoms with Crippen molar-refractivity contribution in [2.45, 2.75) is 86.7 Å². The first-order valence-electron chi connectivity index (χ1n) is 15.9. The van der Waals surface area contributed by atoms with Crippen LogP contribution in [-0.4, -0.2) is 87.0 Å². The van der Waals surface area contributed by atoms with Gasteiger partial charge in [-0.05, 0) is 42.7 Å². The van der Waals surface area contributed by atoms with Gasteiger partial charge in [0, 0.05) is 30.1 Å². The van der Waals surface area contributed by atoms with Gasteiger partial charge in [0.05, 0.1) is 33.7 Å². The molecule has 0 aromatic heterocycles. The molecule has 1 heterocycles. The minimum absolute atomic E-state index is 0.122. The monoisotopic (exact) mass is 760 g/mol. The third-order valence-electron chi connectivity index (χ3n) is 11.4. The van der Waals surface area contributed by atoms with Gasteiger partial charge in [0.2, 0.25) is 0 Å². The molecule has 1 saturated heterocycles. The van der Waals surface area contributed by atoms with Gasteiger partial charge in [-0.2, -0.15) is 0 Å². The van der Waals surface area contributed by atoms with Crippen LogP contribution < -0.4 is 0 Å². The van der Waals surface area contributed by atoms with Crippen molar-refractivity contribution in [3.63, 3.8) is 0 Å². The van der Waals surface area contributed by atoms with Crippen LogP contribution in [0, 0.1) is 22.7 Å². The minimum atomic E-state index is -2.02. The highest BCUT2D eigenvalue weighted by Gasteiger charge is 2.72. The Morgan fingerprint density at radius 2 is 1.62 bits per heavy atom. The van der Waals surface area contributed by atoms with E-state index >= 15 is 0 Å². The molecule has 4 N–H and O–H groups in total. The lowest BCUT2D eigenvalue weighted by Crippen LogP contribution is -2.75. The fourth-order valence-corrected chi connectivity index (χ4v) is 9.18. The number of Topliss-reactive ketones (excluding diaryl/α,β-unsaturated/α-hetero) is 1. The molecule has 11 heteroatoms. The summed E-state index contributed by atoms with van der Waals surface area (Å²) >= 11 is 1.97. The Hall–Kier alpha value is -2.68.